The van der Waals surface area contributed by atoms with Crippen LogP contribution >= 0.6 is 15.9 Å². The van der Waals surface area contributed by atoms with Gasteiger partial charge in [-0.1, -0.05) is 13.8 Å². The van der Waals surface area contributed by atoms with Gasteiger partial charge in [-0.25, -0.2) is 0 Å². The maximum absolute atomic E-state index is 10.7. The smallest absolute Gasteiger partial charge is 0.252 e. The van der Waals surface area contributed by atoms with Crippen LogP contribution in [0.4, 0.5) is 0 Å². The zero-order valence-corrected chi connectivity index (χ0v) is 9.45. The minimum absolute atomic E-state index is 0.137. The van der Waals surface area contributed by atoms with Crippen LogP contribution in [0.3, 0.4) is 0 Å². The monoisotopic (exact) mass is 259 g/mol. The standard InChI is InChI=1S/C9H10BrNO3/c1-6(2)8(11(12)13)5-9-7(10)3-4-14-9/h3-6H,1-2H3/b8-5-. The minimum atomic E-state index is -0.389. The molecule has 0 N–H and O–H groups in total. The highest BCUT2D eigenvalue weighted by molar-refractivity contribution is 9.10. The molecule has 0 amide bonds. The number of allylic oxidation sites excluding steroid dienone is 1. The zero-order valence-electron chi connectivity index (χ0n) is 7.86. The lowest BCUT2D eigenvalue weighted by molar-refractivity contribution is -0.431. The molecule has 4 nitrogen and oxygen atoms in total. The Labute approximate surface area is 89.9 Å². The number of hydrogen-bond acceptors (Lipinski definition) is 3. The second-order valence-corrected chi connectivity index (χ2v) is 3.97. The molecular formula is C9H10BrNO3. The molecule has 76 valence electrons. The van der Waals surface area contributed by atoms with E-state index in [2.05, 4.69) is 15.9 Å². The maximum Gasteiger partial charge on any atom is 0.252 e. The van der Waals surface area contributed by atoms with E-state index in [1.807, 2.05) is 0 Å². The van der Waals surface area contributed by atoms with E-state index < -0.39 is 0 Å². The molecule has 0 bridgehead atoms. The summed E-state index contributed by atoms with van der Waals surface area (Å²) in [5.41, 5.74) is 0.139. The van der Waals surface area contributed by atoms with E-state index in [0.717, 1.165) is 4.47 Å². The lowest BCUT2D eigenvalue weighted by atomic mass is 10.1. The van der Waals surface area contributed by atoms with Crippen molar-refractivity contribution in [2.24, 2.45) is 5.92 Å². The molecule has 1 aromatic heterocycles. The van der Waals surface area contributed by atoms with Gasteiger partial charge >= 0.3 is 0 Å². The fourth-order valence-corrected chi connectivity index (χ4v) is 1.29. The van der Waals surface area contributed by atoms with Crippen molar-refractivity contribution in [3.63, 3.8) is 0 Å². The van der Waals surface area contributed by atoms with Gasteiger partial charge in [0.2, 0.25) is 0 Å². The van der Waals surface area contributed by atoms with Gasteiger partial charge in [0, 0.05) is 5.92 Å². The van der Waals surface area contributed by atoms with Crippen molar-refractivity contribution in [1.29, 1.82) is 0 Å². The predicted molar refractivity (Wildman–Crippen MR) is 56.2 cm³/mol. The second-order valence-electron chi connectivity index (χ2n) is 3.11. The van der Waals surface area contributed by atoms with Crippen LogP contribution in [0.15, 0.2) is 26.9 Å². The Hall–Kier alpha value is -1.10. The van der Waals surface area contributed by atoms with Crippen LogP contribution in [0.2, 0.25) is 0 Å². The summed E-state index contributed by atoms with van der Waals surface area (Å²) in [6.07, 6.45) is 2.92. The third-order valence-electron chi connectivity index (χ3n) is 1.73. The molecule has 0 aliphatic rings. The summed E-state index contributed by atoms with van der Waals surface area (Å²) >= 11 is 3.23. The van der Waals surface area contributed by atoms with Crippen LogP contribution in [0.25, 0.3) is 6.08 Å². The van der Waals surface area contributed by atoms with E-state index in [9.17, 15) is 10.1 Å². The number of halogens is 1. The number of rotatable bonds is 3. The fraction of sp³-hybridized carbons (Fsp3) is 0.333. The van der Waals surface area contributed by atoms with Gasteiger partial charge in [-0.2, -0.15) is 0 Å². The topological polar surface area (TPSA) is 56.3 Å². The number of nitro groups is 1. The summed E-state index contributed by atoms with van der Waals surface area (Å²) in [7, 11) is 0. The van der Waals surface area contributed by atoms with Crippen molar-refractivity contribution < 1.29 is 9.34 Å². The van der Waals surface area contributed by atoms with Gasteiger partial charge in [-0.15, -0.1) is 0 Å². The van der Waals surface area contributed by atoms with Crippen molar-refractivity contribution in [3.05, 3.63) is 38.4 Å². The molecule has 0 fully saturated rings. The van der Waals surface area contributed by atoms with E-state index >= 15 is 0 Å². The molecule has 1 heterocycles. The first kappa shape index (κ1) is 11.0. The van der Waals surface area contributed by atoms with Gasteiger partial charge in [0.05, 0.1) is 21.7 Å². The van der Waals surface area contributed by atoms with Crippen LogP contribution in [-0.2, 0) is 0 Å². The van der Waals surface area contributed by atoms with Gasteiger partial charge in [0.1, 0.15) is 5.76 Å². The van der Waals surface area contributed by atoms with E-state index in [1.165, 1.54) is 12.3 Å². The van der Waals surface area contributed by atoms with Gasteiger partial charge in [-0.3, -0.25) is 10.1 Å². The van der Waals surface area contributed by atoms with Crippen molar-refractivity contribution >= 4 is 22.0 Å². The Balaban J connectivity index is 3.06. The summed E-state index contributed by atoms with van der Waals surface area (Å²) in [6.45, 7) is 3.54. The quantitative estimate of drug-likeness (QED) is 0.618. The molecule has 5 heteroatoms. The average Bonchev–Trinajstić information content (AvgIpc) is 2.46. The van der Waals surface area contributed by atoms with Crippen molar-refractivity contribution in [2.45, 2.75) is 13.8 Å². The normalized spacial score (nSPS) is 12.1. The van der Waals surface area contributed by atoms with Crippen molar-refractivity contribution in [2.75, 3.05) is 0 Å². The van der Waals surface area contributed by atoms with Crippen LogP contribution in [-0.4, -0.2) is 4.92 Å². The minimum Gasteiger partial charge on any atom is -0.464 e. The Morgan fingerprint density at radius 2 is 2.36 bits per heavy atom. The van der Waals surface area contributed by atoms with Crippen molar-refractivity contribution in [3.8, 4) is 0 Å². The molecule has 0 atom stereocenters. The summed E-state index contributed by atoms with van der Waals surface area (Å²) in [5, 5.41) is 10.7. The Morgan fingerprint density at radius 3 is 2.71 bits per heavy atom. The van der Waals surface area contributed by atoms with Crippen LogP contribution < -0.4 is 0 Å². The summed E-state index contributed by atoms with van der Waals surface area (Å²) in [6, 6.07) is 1.70. The number of furan rings is 1. The van der Waals surface area contributed by atoms with Crippen LogP contribution in [0.5, 0.6) is 0 Å². The molecule has 1 rings (SSSR count). The molecule has 0 spiro atoms. The van der Waals surface area contributed by atoms with E-state index in [-0.39, 0.29) is 16.5 Å². The third-order valence-corrected chi connectivity index (χ3v) is 2.38. The lowest BCUT2D eigenvalue weighted by Crippen LogP contribution is -2.05. The summed E-state index contributed by atoms with van der Waals surface area (Å²) in [4.78, 5) is 10.3. The molecule has 0 aliphatic carbocycles. The third kappa shape index (κ3) is 2.45. The Bertz CT molecular complexity index is 368. The molecule has 0 saturated carbocycles. The van der Waals surface area contributed by atoms with E-state index in [0.29, 0.717) is 5.76 Å². The number of nitrogens with zero attached hydrogens (tertiary/aromatic N) is 1. The highest BCUT2D eigenvalue weighted by Crippen LogP contribution is 2.22. The van der Waals surface area contributed by atoms with Crippen LogP contribution in [0, 0.1) is 16.0 Å². The lowest BCUT2D eigenvalue weighted by Gasteiger charge is -2.00. The highest BCUT2D eigenvalue weighted by atomic mass is 79.9. The van der Waals surface area contributed by atoms with Gasteiger partial charge in [-0.05, 0) is 22.0 Å². The highest BCUT2D eigenvalue weighted by Gasteiger charge is 2.17. The molecule has 0 radical (unpaired) electrons. The maximum atomic E-state index is 10.7. The Kier molecular flexibility index (Phi) is 3.46. The Morgan fingerprint density at radius 1 is 1.71 bits per heavy atom. The first-order chi connectivity index (χ1) is 6.52. The molecule has 0 aliphatic heterocycles. The summed E-state index contributed by atoms with van der Waals surface area (Å²) < 4.78 is 5.79. The first-order valence-electron chi connectivity index (χ1n) is 4.11. The van der Waals surface area contributed by atoms with Gasteiger partial charge in [0.25, 0.3) is 5.70 Å². The molecule has 0 unspecified atom stereocenters. The van der Waals surface area contributed by atoms with Gasteiger partial charge in [0.15, 0.2) is 0 Å². The zero-order chi connectivity index (χ0) is 10.7. The second kappa shape index (κ2) is 4.41. The first-order valence-corrected chi connectivity index (χ1v) is 4.90. The molecular weight excluding hydrogens is 250 g/mol. The molecule has 0 aromatic carbocycles. The number of hydrogen-bond donors (Lipinski definition) is 0. The van der Waals surface area contributed by atoms with E-state index in [4.69, 9.17) is 4.42 Å². The summed E-state index contributed by atoms with van der Waals surface area (Å²) in [5.74, 6) is 0.340. The average molecular weight is 260 g/mol. The largest absolute Gasteiger partial charge is 0.464 e. The molecule has 14 heavy (non-hydrogen) atoms. The molecule has 1 aromatic rings. The van der Waals surface area contributed by atoms with Crippen LogP contribution in [0.1, 0.15) is 19.6 Å². The fourth-order valence-electron chi connectivity index (χ4n) is 0.973. The molecule has 0 saturated heterocycles. The van der Waals surface area contributed by atoms with Crippen molar-refractivity contribution in [1.82, 2.24) is 0 Å². The van der Waals surface area contributed by atoms with Gasteiger partial charge < -0.3 is 4.42 Å². The van der Waals surface area contributed by atoms with E-state index in [1.54, 1.807) is 19.9 Å². The predicted octanol–water partition coefficient (Wildman–Crippen LogP) is 3.32. The SMILES string of the molecule is CC(C)/C(=C/c1occc1Br)[N+](=O)[O-].